The van der Waals surface area contributed by atoms with E-state index in [2.05, 4.69) is 19.5 Å². The number of carbonyl (C=O) groups is 1. The van der Waals surface area contributed by atoms with Crippen LogP contribution in [0.15, 0.2) is 0 Å². The molecule has 1 aliphatic rings. The lowest BCUT2D eigenvalue weighted by Gasteiger charge is -2.07. The molecule has 1 N–H and O–H groups in total. The molecule has 3 nitrogen and oxygen atoms in total. The first-order valence-corrected chi connectivity index (χ1v) is 5.56. The summed E-state index contributed by atoms with van der Waals surface area (Å²) < 4.78 is 0. The van der Waals surface area contributed by atoms with Crippen molar-refractivity contribution in [3.8, 4) is 0 Å². The standard InChI is InChI=1S/C9H18NO2P/c11-9(12-10-13)7-3-6-8-4-1-2-5-8/h8,10H,1-7,13H2. The highest BCUT2D eigenvalue weighted by molar-refractivity contribution is 7.13. The van der Waals surface area contributed by atoms with E-state index in [9.17, 15) is 4.79 Å². The quantitative estimate of drug-likeness (QED) is 0.549. The summed E-state index contributed by atoms with van der Waals surface area (Å²) in [4.78, 5) is 15.5. The van der Waals surface area contributed by atoms with Crippen LogP contribution in [0, 0.1) is 5.92 Å². The molecule has 13 heavy (non-hydrogen) atoms. The van der Waals surface area contributed by atoms with E-state index in [0.717, 1.165) is 12.3 Å². The third-order valence-electron chi connectivity index (χ3n) is 2.64. The van der Waals surface area contributed by atoms with Crippen LogP contribution in [0.1, 0.15) is 44.9 Å². The molecule has 0 spiro atoms. The minimum Gasteiger partial charge on any atom is -0.368 e. The zero-order valence-electron chi connectivity index (χ0n) is 7.92. The highest BCUT2D eigenvalue weighted by atomic mass is 31.0. The maximum absolute atomic E-state index is 10.9. The van der Waals surface area contributed by atoms with Crippen molar-refractivity contribution in [1.29, 1.82) is 0 Å². The van der Waals surface area contributed by atoms with E-state index in [4.69, 9.17) is 0 Å². The molecule has 1 atom stereocenters. The second kappa shape index (κ2) is 6.33. The average molecular weight is 203 g/mol. The molecule has 1 fully saturated rings. The molecule has 76 valence electrons. The van der Waals surface area contributed by atoms with Crippen LogP contribution in [-0.4, -0.2) is 5.97 Å². The Morgan fingerprint density at radius 3 is 2.77 bits per heavy atom. The van der Waals surface area contributed by atoms with E-state index < -0.39 is 0 Å². The maximum Gasteiger partial charge on any atom is 0.325 e. The molecule has 0 amide bonds. The average Bonchev–Trinajstić information content (AvgIpc) is 2.57. The number of hydrogen-bond donors (Lipinski definition) is 1. The van der Waals surface area contributed by atoms with E-state index in [-0.39, 0.29) is 5.97 Å². The number of carbonyl (C=O) groups excluding carboxylic acids is 1. The molecule has 0 heterocycles. The van der Waals surface area contributed by atoms with Crippen LogP contribution in [0.3, 0.4) is 0 Å². The summed E-state index contributed by atoms with van der Waals surface area (Å²) in [6.07, 6.45) is 8.16. The summed E-state index contributed by atoms with van der Waals surface area (Å²) >= 11 is 0. The minimum absolute atomic E-state index is 0.159. The van der Waals surface area contributed by atoms with Gasteiger partial charge in [0.25, 0.3) is 0 Å². The topological polar surface area (TPSA) is 38.3 Å². The molecular formula is C9H18NO2P. The summed E-state index contributed by atoms with van der Waals surface area (Å²) in [6, 6.07) is 0. The number of hydrogen-bond acceptors (Lipinski definition) is 3. The van der Waals surface area contributed by atoms with Gasteiger partial charge in [-0.05, 0) is 28.2 Å². The smallest absolute Gasteiger partial charge is 0.325 e. The Kier molecular flexibility index (Phi) is 5.33. The maximum atomic E-state index is 10.9. The van der Waals surface area contributed by atoms with Gasteiger partial charge >= 0.3 is 5.97 Å². The van der Waals surface area contributed by atoms with Gasteiger partial charge < -0.3 is 4.84 Å². The van der Waals surface area contributed by atoms with Crippen LogP contribution in [0.4, 0.5) is 0 Å². The lowest BCUT2D eigenvalue weighted by atomic mass is 10.0. The largest absolute Gasteiger partial charge is 0.368 e. The zero-order valence-corrected chi connectivity index (χ0v) is 9.08. The van der Waals surface area contributed by atoms with E-state index >= 15 is 0 Å². The second-order valence-electron chi connectivity index (χ2n) is 3.63. The van der Waals surface area contributed by atoms with Crippen molar-refractivity contribution in [1.82, 2.24) is 5.25 Å². The summed E-state index contributed by atoms with van der Waals surface area (Å²) in [7, 11) is 2.14. The van der Waals surface area contributed by atoms with Crippen molar-refractivity contribution < 1.29 is 9.63 Å². The second-order valence-corrected chi connectivity index (χ2v) is 3.87. The normalized spacial score (nSPS) is 17.6. The summed E-state index contributed by atoms with van der Waals surface area (Å²) in [6.45, 7) is 0. The fraction of sp³-hybridized carbons (Fsp3) is 0.889. The van der Waals surface area contributed by atoms with Crippen molar-refractivity contribution in [2.24, 2.45) is 5.92 Å². The third kappa shape index (κ3) is 4.58. The number of rotatable bonds is 5. The molecule has 0 bridgehead atoms. The molecule has 0 saturated heterocycles. The Morgan fingerprint density at radius 2 is 2.15 bits per heavy atom. The van der Waals surface area contributed by atoms with Gasteiger partial charge in [0.1, 0.15) is 0 Å². The van der Waals surface area contributed by atoms with Gasteiger partial charge in [-0.25, -0.2) is 0 Å². The van der Waals surface area contributed by atoms with Gasteiger partial charge in [0.05, 0.1) is 0 Å². The Bertz CT molecular complexity index is 158. The predicted molar refractivity (Wildman–Crippen MR) is 54.7 cm³/mol. The SMILES string of the molecule is O=C(CCCC1CCCC1)ONP. The van der Waals surface area contributed by atoms with Crippen molar-refractivity contribution >= 4 is 15.4 Å². The predicted octanol–water partition coefficient (Wildman–Crippen LogP) is 2.18. The molecule has 4 heteroatoms. The zero-order chi connectivity index (χ0) is 9.52. The summed E-state index contributed by atoms with van der Waals surface area (Å²) in [5.41, 5.74) is 0. The van der Waals surface area contributed by atoms with E-state index in [1.807, 2.05) is 0 Å². The van der Waals surface area contributed by atoms with Crippen LogP contribution < -0.4 is 5.25 Å². The van der Waals surface area contributed by atoms with Crippen molar-refractivity contribution in [2.45, 2.75) is 44.9 Å². The van der Waals surface area contributed by atoms with Gasteiger partial charge in [0, 0.05) is 6.42 Å². The highest BCUT2D eigenvalue weighted by Crippen LogP contribution is 2.28. The first-order chi connectivity index (χ1) is 6.33. The van der Waals surface area contributed by atoms with E-state index in [0.29, 0.717) is 6.42 Å². The molecule has 1 rings (SSSR count). The third-order valence-corrected chi connectivity index (χ3v) is 2.76. The summed E-state index contributed by atoms with van der Waals surface area (Å²) in [5.74, 6) is 0.713. The fourth-order valence-electron chi connectivity index (χ4n) is 1.95. The van der Waals surface area contributed by atoms with Gasteiger partial charge in [0.2, 0.25) is 0 Å². The Labute approximate surface area is 81.8 Å². The molecular weight excluding hydrogens is 185 g/mol. The molecule has 0 aromatic heterocycles. The van der Waals surface area contributed by atoms with E-state index in [1.54, 1.807) is 0 Å². The van der Waals surface area contributed by atoms with Crippen LogP contribution >= 0.6 is 9.39 Å². The van der Waals surface area contributed by atoms with Crippen molar-refractivity contribution in [2.75, 3.05) is 0 Å². The van der Waals surface area contributed by atoms with Gasteiger partial charge in [-0.15, -0.1) is 5.25 Å². The number of nitrogens with one attached hydrogen (secondary N) is 1. The molecule has 1 unspecified atom stereocenters. The van der Waals surface area contributed by atoms with Gasteiger partial charge in [-0.3, -0.25) is 4.79 Å². The van der Waals surface area contributed by atoms with Gasteiger partial charge in [0.15, 0.2) is 0 Å². The monoisotopic (exact) mass is 203 g/mol. The Balaban J connectivity index is 1.96. The first kappa shape index (κ1) is 10.9. The highest BCUT2D eigenvalue weighted by Gasteiger charge is 2.14. The molecule has 1 aliphatic carbocycles. The molecule has 0 radical (unpaired) electrons. The Morgan fingerprint density at radius 1 is 1.46 bits per heavy atom. The molecule has 1 saturated carbocycles. The van der Waals surface area contributed by atoms with Gasteiger partial charge in [-0.1, -0.05) is 25.7 Å². The summed E-state index contributed by atoms with van der Waals surface area (Å²) in [5, 5.41) is 2.31. The molecule has 0 aromatic carbocycles. The van der Waals surface area contributed by atoms with Crippen LogP contribution in [0.25, 0.3) is 0 Å². The van der Waals surface area contributed by atoms with E-state index in [1.165, 1.54) is 32.1 Å². The van der Waals surface area contributed by atoms with Crippen LogP contribution in [0.5, 0.6) is 0 Å². The lowest BCUT2D eigenvalue weighted by Crippen LogP contribution is -2.10. The lowest BCUT2D eigenvalue weighted by molar-refractivity contribution is -0.146. The van der Waals surface area contributed by atoms with Crippen molar-refractivity contribution in [3.05, 3.63) is 0 Å². The Hall–Kier alpha value is -0.140. The van der Waals surface area contributed by atoms with Gasteiger partial charge in [-0.2, -0.15) is 0 Å². The van der Waals surface area contributed by atoms with Crippen molar-refractivity contribution in [3.63, 3.8) is 0 Å². The molecule has 0 aliphatic heterocycles. The van der Waals surface area contributed by atoms with Crippen LogP contribution in [0.2, 0.25) is 0 Å². The first-order valence-electron chi connectivity index (χ1n) is 4.98. The molecule has 0 aromatic rings. The minimum atomic E-state index is -0.159. The fourth-order valence-corrected chi connectivity index (χ4v) is 2.08. The van der Waals surface area contributed by atoms with Crippen LogP contribution in [-0.2, 0) is 9.63 Å².